The lowest BCUT2D eigenvalue weighted by Crippen LogP contribution is -2.38. The second kappa shape index (κ2) is 12.0. The average Bonchev–Trinajstić information content (AvgIpc) is 2.71. The van der Waals surface area contributed by atoms with E-state index in [1.807, 2.05) is 49.3 Å². The number of aliphatic imine (C=N–C) groups is 1. The van der Waals surface area contributed by atoms with E-state index in [1.165, 1.54) is 0 Å². The molecule has 0 aliphatic carbocycles. The van der Waals surface area contributed by atoms with Gasteiger partial charge in [0.25, 0.3) is 5.91 Å². The Labute approximate surface area is 177 Å². The fraction of sp³-hybridized carbons (Fsp3) is 0.381. The summed E-state index contributed by atoms with van der Waals surface area (Å²) in [5, 5.41) is 9.97. The van der Waals surface area contributed by atoms with Crippen LogP contribution in [0.15, 0.2) is 47.6 Å². The maximum Gasteiger partial charge on any atom is 0.251 e. The van der Waals surface area contributed by atoms with Crippen LogP contribution in [0.1, 0.15) is 21.5 Å². The van der Waals surface area contributed by atoms with Gasteiger partial charge >= 0.3 is 0 Å². The lowest BCUT2D eigenvalue weighted by atomic mass is 10.1. The zero-order valence-corrected chi connectivity index (χ0v) is 18.0. The number of halogens is 1. The summed E-state index contributed by atoms with van der Waals surface area (Å²) in [7, 11) is 5.69. The standard InChI is InChI=1S/C21H29ClN6O/c1-23-21(25-10-9-16-7-8-19(22)26-14-16)27-15-17-5-4-6-18(13-17)20(29)24-11-12-28(2)3/h4-8,13-14H,9-12,15H2,1-3H3,(H,24,29)(H2,23,25,27). The maximum absolute atomic E-state index is 12.3. The number of aromatic nitrogens is 1. The third kappa shape index (κ3) is 8.50. The number of carbonyl (C=O) groups excluding carboxylic acids is 1. The van der Waals surface area contributed by atoms with Crippen LogP contribution in [0.25, 0.3) is 0 Å². The van der Waals surface area contributed by atoms with E-state index >= 15 is 0 Å². The van der Waals surface area contributed by atoms with Crippen LogP contribution in [-0.2, 0) is 13.0 Å². The molecule has 8 heteroatoms. The van der Waals surface area contributed by atoms with Crippen LogP contribution < -0.4 is 16.0 Å². The minimum Gasteiger partial charge on any atom is -0.356 e. The molecule has 2 rings (SSSR count). The Bertz CT molecular complexity index is 807. The molecule has 29 heavy (non-hydrogen) atoms. The molecule has 1 heterocycles. The van der Waals surface area contributed by atoms with E-state index in [4.69, 9.17) is 11.6 Å². The highest BCUT2D eigenvalue weighted by Gasteiger charge is 2.06. The molecular formula is C21H29ClN6O. The summed E-state index contributed by atoms with van der Waals surface area (Å²) in [5.74, 6) is 0.639. The number of nitrogens with one attached hydrogen (secondary N) is 3. The number of rotatable bonds is 9. The van der Waals surface area contributed by atoms with Crippen molar-refractivity contribution in [3.63, 3.8) is 0 Å². The molecule has 0 aliphatic heterocycles. The molecule has 0 atom stereocenters. The number of hydrogen-bond acceptors (Lipinski definition) is 4. The van der Waals surface area contributed by atoms with Crippen LogP contribution in [0.2, 0.25) is 5.15 Å². The largest absolute Gasteiger partial charge is 0.356 e. The number of benzene rings is 1. The van der Waals surface area contributed by atoms with Gasteiger partial charge in [-0.25, -0.2) is 4.98 Å². The van der Waals surface area contributed by atoms with Crippen molar-refractivity contribution in [3.05, 3.63) is 64.4 Å². The Morgan fingerprint density at radius 2 is 1.93 bits per heavy atom. The van der Waals surface area contributed by atoms with Gasteiger partial charge in [-0.05, 0) is 49.8 Å². The van der Waals surface area contributed by atoms with Crippen LogP contribution in [0.5, 0.6) is 0 Å². The third-order valence-electron chi connectivity index (χ3n) is 4.21. The van der Waals surface area contributed by atoms with E-state index < -0.39 is 0 Å². The quantitative estimate of drug-likeness (QED) is 0.330. The first-order valence-corrected chi connectivity index (χ1v) is 9.92. The van der Waals surface area contributed by atoms with Crippen LogP contribution >= 0.6 is 11.6 Å². The van der Waals surface area contributed by atoms with Gasteiger partial charge in [-0.15, -0.1) is 0 Å². The molecule has 1 aromatic carbocycles. The highest BCUT2D eigenvalue weighted by atomic mass is 35.5. The molecule has 0 saturated heterocycles. The third-order valence-corrected chi connectivity index (χ3v) is 4.44. The van der Waals surface area contributed by atoms with Gasteiger partial charge in [-0.3, -0.25) is 9.79 Å². The maximum atomic E-state index is 12.3. The molecule has 0 saturated carbocycles. The van der Waals surface area contributed by atoms with E-state index in [0.29, 0.717) is 29.8 Å². The molecule has 0 fully saturated rings. The van der Waals surface area contributed by atoms with Crippen molar-refractivity contribution in [2.24, 2.45) is 4.99 Å². The second-order valence-electron chi connectivity index (χ2n) is 6.85. The molecule has 3 N–H and O–H groups in total. The Morgan fingerprint density at radius 3 is 2.62 bits per heavy atom. The van der Waals surface area contributed by atoms with Gasteiger partial charge in [0.05, 0.1) is 0 Å². The number of amides is 1. The van der Waals surface area contributed by atoms with E-state index in [2.05, 4.69) is 25.9 Å². The molecule has 0 unspecified atom stereocenters. The summed E-state index contributed by atoms with van der Waals surface area (Å²) in [6, 6.07) is 11.3. The first kappa shape index (κ1) is 22.6. The molecule has 1 aromatic heterocycles. The van der Waals surface area contributed by atoms with Crippen molar-refractivity contribution in [1.29, 1.82) is 0 Å². The minimum absolute atomic E-state index is 0.0622. The molecule has 0 aliphatic rings. The molecule has 0 spiro atoms. The highest BCUT2D eigenvalue weighted by Crippen LogP contribution is 2.06. The molecule has 0 radical (unpaired) electrons. The van der Waals surface area contributed by atoms with E-state index in [-0.39, 0.29) is 5.91 Å². The van der Waals surface area contributed by atoms with Gasteiger partial charge in [-0.1, -0.05) is 29.8 Å². The molecule has 7 nitrogen and oxygen atoms in total. The van der Waals surface area contributed by atoms with Crippen molar-refractivity contribution >= 4 is 23.5 Å². The van der Waals surface area contributed by atoms with Crippen LogP contribution in [0.3, 0.4) is 0 Å². The Balaban J connectivity index is 1.79. The van der Waals surface area contributed by atoms with Crippen LogP contribution in [0.4, 0.5) is 0 Å². The molecule has 0 bridgehead atoms. The summed E-state index contributed by atoms with van der Waals surface area (Å²) < 4.78 is 0. The summed E-state index contributed by atoms with van der Waals surface area (Å²) in [4.78, 5) is 22.6. The van der Waals surface area contributed by atoms with Crippen molar-refractivity contribution in [2.75, 3.05) is 40.8 Å². The topological polar surface area (TPSA) is 81.6 Å². The number of pyridine rings is 1. The van der Waals surface area contributed by atoms with Gasteiger partial charge in [0, 0.05) is 45.0 Å². The SMILES string of the molecule is CN=C(NCCc1ccc(Cl)nc1)NCc1cccc(C(=O)NCCN(C)C)c1. The van der Waals surface area contributed by atoms with E-state index in [0.717, 1.165) is 30.6 Å². The predicted octanol–water partition coefficient (Wildman–Crippen LogP) is 1.93. The van der Waals surface area contributed by atoms with Crippen LogP contribution in [0, 0.1) is 0 Å². The Hall–Kier alpha value is -2.64. The normalized spacial score (nSPS) is 11.4. The minimum atomic E-state index is -0.0622. The zero-order valence-electron chi connectivity index (χ0n) is 17.2. The summed E-state index contributed by atoms with van der Waals surface area (Å²) in [5.41, 5.74) is 2.77. The van der Waals surface area contributed by atoms with Gasteiger partial charge in [0.15, 0.2) is 5.96 Å². The summed E-state index contributed by atoms with van der Waals surface area (Å²) in [6.07, 6.45) is 2.59. The second-order valence-corrected chi connectivity index (χ2v) is 7.24. The van der Waals surface area contributed by atoms with E-state index in [1.54, 1.807) is 19.3 Å². The molecule has 1 amide bonds. The first-order valence-electron chi connectivity index (χ1n) is 9.54. The number of carbonyl (C=O) groups is 1. The van der Waals surface area contributed by atoms with Crippen molar-refractivity contribution in [3.8, 4) is 0 Å². The fourth-order valence-electron chi connectivity index (χ4n) is 2.60. The lowest BCUT2D eigenvalue weighted by Gasteiger charge is -2.13. The number of likely N-dealkylation sites (N-methyl/N-ethyl adjacent to an activating group) is 1. The predicted molar refractivity (Wildman–Crippen MR) is 118 cm³/mol. The fourth-order valence-corrected chi connectivity index (χ4v) is 2.72. The Morgan fingerprint density at radius 1 is 1.10 bits per heavy atom. The first-order chi connectivity index (χ1) is 14.0. The van der Waals surface area contributed by atoms with Crippen molar-refractivity contribution in [2.45, 2.75) is 13.0 Å². The number of nitrogens with zero attached hydrogens (tertiary/aromatic N) is 3. The monoisotopic (exact) mass is 416 g/mol. The van der Waals surface area contributed by atoms with Gasteiger partial charge in [0.2, 0.25) is 0 Å². The molecular weight excluding hydrogens is 388 g/mol. The molecule has 2 aromatic rings. The Kier molecular flexibility index (Phi) is 9.40. The average molecular weight is 417 g/mol. The zero-order chi connectivity index (χ0) is 21.1. The summed E-state index contributed by atoms with van der Waals surface area (Å²) in [6.45, 7) is 2.72. The van der Waals surface area contributed by atoms with Crippen molar-refractivity contribution < 1.29 is 4.79 Å². The van der Waals surface area contributed by atoms with Gasteiger partial charge in [0.1, 0.15) is 5.15 Å². The molecule has 156 valence electrons. The lowest BCUT2D eigenvalue weighted by molar-refractivity contribution is 0.0951. The van der Waals surface area contributed by atoms with E-state index in [9.17, 15) is 4.79 Å². The smallest absolute Gasteiger partial charge is 0.251 e. The van der Waals surface area contributed by atoms with Crippen LogP contribution in [-0.4, -0.2) is 62.5 Å². The van der Waals surface area contributed by atoms with Crippen molar-refractivity contribution in [1.82, 2.24) is 25.8 Å². The number of hydrogen-bond donors (Lipinski definition) is 3. The number of guanidine groups is 1. The van der Waals surface area contributed by atoms with Gasteiger partial charge in [-0.2, -0.15) is 0 Å². The summed E-state index contributed by atoms with van der Waals surface area (Å²) >= 11 is 5.80. The van der Waals surface area contributed by atoms with Gasteiger partial charge < -0.3 is 20.9 Å². The highest BCUT2D eigenvalue weighted by molar-refractivity contribution is 6.29.